The average Bonchev–Trinajstić information content (AvgIpc) is 2.77. The molecule has 2 aromatic carbocycles. The van der Waals surface area contributed by atoms with Crippen molar-refractivity contribution in [3.63, 3.8) is 0 Å². The monoisotopic (exact) mass is 470 g/mol. The summed E-state index contributed by atoms with van der Waals surface area (Å²) in [6, 6.07) is 11.2. The molecule has 1 atom stereocenters. The van der Waals surface area contributed by atoms with E-state index in [2.05, 4.69) is 5.32 Å². The van der Waals surface area contributed by atoms with Gasteiger partial charge in [0.1, 0.15) is 5.58 Å². The highest BCUT2D eigenvalue weighted by atomic mass is 19.3. The number of hydrogen-bond acceptors (Lipinski definition) is 5. The number of fused-ring (bicyclic) bond motifs is 1. The highest BCUT2D eigenvalue weighted by Crippen LogP contribution is 2.33. The van der Waals surface area contributed by atoms with E-state index in [4.69, 9.17) is 4.42 Å². The Kier molecular flexibility index (Phi) is 6.59. The standard InChI is InChI=1S/C26H28F2N2O4/c1-16-13-19(17(2)29-21-8-4-3-7-18(21)25(32)33)24-20(14-16)22(31)15-23(34-24)30-11-6-5-9-26(27,28)10-12-30/h3-4,7-8,13-15,17,29H,5-6,9-12H2,1-2H3,(H,32,33). The van der Waals surface area contributed by atoms with E-state index in [-0.39, 0.29) is 36.3 Å². The third-order valence-electron chi connectivity index (χ3n) is 6.26. The summed E-state index contributed by atoms with van der Waals surface area (Å²) in [6.45, 7) is 4.36. The van der Waals surface area contributed by atoms with Crippen molar-refractivity contribution < 1.29 is 23.1 Å². The molecule has 1 unspecified atom stereocenters. The molecule has 1 aromatic heterocycles. The Labute approximate surface area is 196 Å². The first kappa shape index (κ1) is 23.7. The maximum Gasteiger partial charge on any atom is 0.337 e. The van der Waals surface area contributed by atoms with Gasteiger partial charge in [-0.15, -0.1) is 0 Å². The number of anilines is 2. The molecular weight excluding hydrogens is 442 g/mol. The van der Waals surface area contributed by atoms with E-state index in [0.29, 0.717) is 41.6 Å². The van der Waals surface area contributed by atoms with Crippen LogP contribution in [0.1, 0.15) is 60.1 Å². The van der Waals surface area contributed by atoms with Gasteiger partial charge in [0.15, 0.2) is 11.3 Å². The number of para-hydroxylation sites is 1. The Morgan fingerprint density at radius 2 is 1.91 bits per heavy atom. The number of aryl methyl sites for hydroxylation is 1. The Hall–Kier alpha value is -3.42. The van der Waals surface area contributed by atoms with Crippen molar-refractivity contribution in [1.29, 1.82) is 0 Å². The van der Waals surface area contributed by atoms with Gasteiger partial charge in [0, 0.05) is 43.2 Å². The number of nitrogens with zero attached hydrogens (tertiary/aromatic N) is 1. The van der Waals surface area contributed by atoms with Crippen molar-refractivity contribution in [3.05, 3.63) is 69.4 Å². The molecule has 1 aliphatic rings. The number of aromatic carboxylic acids is 1. The fraction of sp³-hybridized carbons (Fsp3) is 0.385. The van der Waals surface area contributed by atoms with Gasteiger partial charge in [0.2, 0.25) is 5.92 Å². The lowest BCUT2D eigenvalue weighted by Gasteiger charge is -2.29. The number of hydrogen-bond donors (Lipinski definition) is 2. The lowest BCUT2D eigenvalue weighted by molar-refractivity contribution is -0.0187. The zero-order chi connectivity index (χ0) is 24.5. The SMILES string of the molecule is Cc1cc(C(C)Nc2ccccc2C(=O)O)c2oc(N3CCCCC(F)(F)CC3)cc(=O)c2c1. The minimum absolute atomic E-state index is 0.0996. The van der Waals surface area contributed by atoms with E-state index < -0.39 is 17.9 Å². The number of rotatable bonds is 5. The summed E-state index contributed by atoms with van der Waals surface area (Å²) in [5.74, 6) is -3.50. The molecule has 6 nitrogen and oxygen atoms in total. The number of halogens is 2. The Balaban J connectivity index is 1.75. The van der Waals surface area contributed by atoms with Crippen LogP contribution in [-0.4, -0.2) is 30.1 Å². The molecule has 2 N–H and O–H groups in total. The summed E-state index contributed by atoms with van der Waals surface area (Å²) >= 11 is 0. The van der Waals surface area contributed by atoms with Crippen molar-refractivity contribution in [2.24, 2.45) is 0 Å². The van der Waals surface area contributed by atoms with Gasteiger partial charge >= 0.3 is 5.97 Å². The first-order chi connectivity index (χ1) is 16.1. The van der Waals surface area contributed by atoms with Gasteiger partial charge in [0.05, 0.1) is 17.0 Å². The summed E-state index contributed by atoms with van der Waals surface area (Å²) in [6.07, 6.45) is 0.587. The fourth-order valence-electron chi connectivity index (χ4n) is 4.45. The molecule has 0 aliphatic carbocycles. The molecule has 4 rings (SSSR count). The summed E-state index contributed by atoms with van der Waals surface area (Å²) in [4.78, 5) is 26.3. The largest absolute Gasteiger partial charge is 0.478 e. The lowest BCUT2D eigenvalue weighted by Crippen LogP contribution is -2.33. The van der Waals surface area contributed by atoms with Crippen LogP contribution < -0.4 is 15.6 Å². The van der Waals surface area contributed by atoms with Gasteiger partial charge in [0.25, 0.3) is 0 Å². The van der Waals surface area contributed by atoms with Crippen LogP contribution in [0, 0.1) is 6.92 Å². The average molecular weight is 471 g/mol. The lowest BCUT2D eigenvalue weighted by atomic mass is 10.0. The fourth-order valence-corrected chi connectivity index (χ4v) is 4.45. The molecule has 3 aromatic rings. The molecule has 0 bridgehead atoms. The van der Waals surface area contributed by atoms with Crippen LogP contribution in [-0.2, 0) is 0 Å². The van der Waals surface area contributed by atoms with Crippen LogP contribution >= 0.6 is 0 Å². The topological polar surface area (TPSA) is 82.8 Å². The third kappa shape index (κ3) is 5.05. The molecule has 0 saturated carbocycles. The highest BCUT2D eigenvalue weighted by Gasteiger charge is 2.31. The summed E-state index contributed by atoms with van der Waals surface area (Å²) in [7, 11) is 0. The van der Waals surface area contributed by atoms with Crippen molar-refractivity contribution in [1.82, 2.24) is 0 Å². The number of carboxylic acids is 1. The molecule has 180 valence electrons. The maximum atomic E-state index is 14.0. The number of benzene rings is 2. The third-order valence-corrected chi connectivity index (χ3v) is 6.26. The van der Waals surface area contributed by atoms with E-state index in [9.17, 15) is 23.5 Å². The van der Waals surface area contributed by atoms with Crippen molar-refractivity contribution >= 4 is 28.5 Å². The van der Waals surface area contributed by atoms with Gasteiger partial charge in [-0.05, 0) is 50.5 Å². The summed E-state index contributed by atoms with van der Waals surface area (Å²) in [5.41, 5.74) is 2.25. The predicted molar refractivity (Wildman–Crippen MR) is 128 cm³/mol. The van der Waals surface area contributed by atoms with E-state index in [1.54, 1.807) is 29.2 Å². The predicted octanol–water partition coefficient (Wildman–Crippen LogP) is 5.99. The molecule has 8 heteroatoms. The molecular formula is C26H28F2N2O4. The second-order valence-corrected chi connectivity index (χ2v) is 8.95. The van der Waals surface area contributed by atoms with Crippen molar-refractivity contribution in [2.45, 2.75) is 51.5 Å². The van der Waals surface area contributed by atoms with Crippen molar-refractivity contribution in [2.75, 3.05) is 23.3 Å². The van der Waals surface area contributed by atoms with Crippen LogP contribution in [0.5, 0.6) is 0 Å². The Morgan fingerprint density at radius 3 is 2.68 bits per heavy atom. The van der Waals surface area contributed by atoms with Crippen LogP contribution in [0.2, 0.25) is 0 Å². The smallest absolute Gasteiger partial charge is 0.337 e. The first-order valence-corrected chi connectivity index (χ1v) is 11.4. The Morgan fingerprint density at radius 1 is 1.15 bits per heavy atom. The summed E-state index contributed by atoms with van der Waals surface area (Å²) < 4.78 is 34.2. The highest BCUT2D eigenvalue weighted by molar-refractivity contribution is 5.94. The molecule has 2 heterocycles. The second kappa shape index (κ2) is 9.44. The molecule has 0 radical (unpaired) electrons. The number of carbonyl (C=O) groups is 1. The van der Waals surface area contributed by atoms with E-state index in [0.717, 1.165) is 5.56 Å². The van der Waals surface area contributed by atoms with Gasteiger partial charge in [-0.25, -0.2) is 13.6 Å². The summed E-state index contributed by atoms with van der Waals surface area (Å²) in [5, 5.41) is 13.1. The zero-order valence-electron chi connectivity index (χ0n) is 19.2. The minimum atomic E-state index is -2.73. The minimum Gasteiger partial charge on any atom is -0.478 e. The normalized spacial score (nSPS) is 17.1. The molecule has 0 spiro atoms. The van der Waals surface area contributed by atoms with Gasteiger partial charge in [-0.3, -0.25) is 4.79 Å². The Bertz CT molecular complexity index is 1270. The number of nitrogens with one attached hydrogen (secondary N) is 1. The second-order valence-electron chi connectivity index (χ2n) is 8.95. The molecule has 1 fully saturated rings. The molecule has 34 heavy (non-hydrogen) atoms. The van der Waals surface area contributed by atoms with Gasteiger partial charge < -0.3 is 19.7 Å². The number of carboxylic acid groups (broad SMARTS) is 1. The quantitative estimate of drug-likeness (QED) is 0.477. The molecule has 1 saturated heterocycles. The van der Waals surface area contributed by atoms with Gasteiger partial charge in [-0.1, -0.05) is 18.2 Å². The van der Waals surface area contributed by atoms with Crippen LogP contribution in [0.3, 0.4) is 0 Å². The van der Waals surface area contributed by atoms with Crippen molar-refractivity contribution in [3.8, 4) is 0 Å². The van der Waals surface area contributed by atoms with E-state index >= 15 is 0 Å². The first-order valence-electron chi connectivity index (χ1n) is 11.4. The van der Waals surface area contributed by atoms with Gasteiger partial charge in [-0.2, -0.15) is 0 Å². The molecule has 0 amide bonds. The zero-order valence-corrected chi connectivity index (χ0v) is 19.2. The molecule has 1 aliphatic heterocycles. The number of alkyl halides is 2. The van der Waals surface area contributed by atoms with Crippen LogP contribution in [0.25, 0.3) is 11.0 Å². The van der Waals surface area contributed by atoms with E-state index in [1.165, 1.54) is 12.1 Å². The van der Waals surface area contributed by atoms with Crippen LogP contribution in [0.15, 0.2) is 51.7 Å². The maximum absolute atomic E-state index is 14.0. The van der Waals surface area contributed by atoms with Crippen LogP contribution in [0.4, 0.5) is 20.4 Å². The van der Waals surface area contributed by atoms with E-state index in [1.807, 2.05) is 19.9 Å².